The van der Waals surface area contributed by atoms with Gasteiger partial charge in [0.15, 0.2) is 0 Å². The molecule has 1 aliphatic carbocycles. The van der Waals surface area contributed by atoms with Crippen LogP contribution in [0.4, 0.5) is 0 Å². The minimum Gasteiger partial charge on any atom is -0.306 e. The summed E-state index contributed by atoms with van der Waals surface area (Å²) in [4.78, 5) is 2.47. The van der Waals surface area contributed by atoms with E-state index in [1.54, 1.807) is 0 Å². The topological polar surface area (TPSA) is 3.24 Å². The molecular weight excluding hydrogens is 158 g/mol. The van der Waals surface area contributed by atoms with Gasteiger partial charge in [-0.2, -0.15) is 0 Å². The molecule has 2 fully saturated rings. The molecule has 0 spiro atoms. The van der Waals surface area contributed by atoms with E-state index < -0.39 is 0 Å². The predicted octanol–water partition coefficient (Wildman–Crippen LogP) is 2.76. The fourth-order valence-electron chi connectivity index (χ4n) is 2.91. The highest BCUT2D eigenvalue weighted by Gasteiger charge is 2.43. The van der Waals surface area contributed by atoms with Crippen molar-refractivity contribution in [2.24, 2.45) is 17.3 Å². The standard InChI is InChI=1S/C12H23N/c1-12(2,10-4-5-10)11-6-8-13(3)9-7-11/h10-11H,4-9H2,1-3H3. The van der Waals surface area contributed by atoms with Crippen LogP contribution in [0.15, 0.2) is 0 Å². The zero-order valence-corrected chi connectivity index (χ0v) is 9.34. The van der Waals surface area contributed by atoms with Crippen LogP contribution in [0.1, 0.15) is 39.5 Å². The molecule has 0 N–H and O–H groups in total. The Morgan fingerprint density at radius 2 is 1.38 bits per heavy atom. The van der Waals surface area contributed by atoms with Gasteiger partial charge < -0.3 is 4.90 Å². The monoisotopic (exact) mass is 181 g/mol. The first kappa shape index (κ1) is 9.51. The van der Waals surface area contributed by atoms with Gasteiger partial charge in [0.05, 0.1) is 0 Å². The third-order valence-electron chi connectivity index (χ3n) is 4.40. The molecule has 1 heteroatoms. The van der Waals surface area contributed by atoms with E-state index in [4.69, 9.17) is 0 Å². The molecule has 0 amide bonds. The van der Waals surface area contributed by atoms with Crippen molar-refractivity contribution in [1.29, 1.82) is 0 Å². The molecule has 1 heterocycles. The molecule has 0 aromatic carbocycles. The number of hydrogen-bond acceptors (Lipinski definition) is 1. The molecular formula is C12H23N. The van der Waals surface area contributed by atoms with E-state index in [-0.39, 0.29) is 0 Å². The maximum absolute atomic E-state index is 2.50. The maximum atomic E-state index is 2.50. The average molecular weight is 181 g/mol. The normalized spacial score (nSPS) is 27.9. The summed E-state index contributed by atoms with van der Waals surface area (Å²) in [5.41, 5.74) is 0.640. The van der Waals surface area contributed by atoms with Crippen molar-refractivity contribution in [2.75, 3.05) is 20.1 Å². The molecule has 1 nitrogen and oxygen atoms in total. The molecule has 1 saturated carbocycles. The second-order valence-corrected chi connectivity index (χ2v) is 5.67. The second kappa shape index (κ2) is 3.27. The van der Waals surface area contributed by atoms with Crippen LogP contribution in [0.3, 0.4) is 0 Å². The molecule has 0 bridgehead atoms. The van der Waals surface area contributed by atoms with Crippen molar-refractivity contribution >= 4 is 0 Å². The SMILES string of the molecule is CN1CCC(C(C)(C)C2CC2)CC1. The molecule has 1 aliphatic heterocycles. The Labute approximate surface area is 82.5 Å². The van der Waals surface area contributed by atoms with Crippen LogP contribution >= 0.6 is 0 Å². The summed E-state index contributed by atoms with van der Waals surface area (Å²) >= 11 is 0. The van der Waals surface area contributed by atoms with Gasteiger partial charge in [-0.05, 0) is 63.1 Å². The van der Waals surface area contributed by atoms with Crippen LogP contribution in [0.5, 0.6) is 0 Å². The first-order valence-corrected chi connectivity index (χ1v) is 5.79. The minimum absolute atomic E-state index is 0.640. The lowest BCUT2D eigenvalue weighted by molar-refractivity contribution is 0.0959. The van der Waals surface area contributed by atoms with Gasteiger partial charge in [0.1, 0.15) is 0 Å². The highest BCUT2D eigenvalue weighted by atomic mass is 15.1. The van der Waals surface area contributed by atoms with E-state index in [9.17, 15) is 0 Å². The minimum atomic E-state index is 0.640. The summed E-state index contributed by atoms with van der Waals surface area (Å²) in [7, 11) is 2.25. The number of rotatable bonds is 2. The maximum Gasteiger partial charge on any atom is -0.00189 e. The Hall–Kier alpha value is -0.0400. The van der Waals surface area contributed by atoms with Crippen LogP contribution in [0.2, 0.25) is 0 Å². The van der Waals surface area contributed by atoms with Gasteiger partial charge in [-0.3, -0.25) is 0 Å². The average Bonchev–Trinajstić information content (AvgIpc) is 2.87. The van der Waals surface area contributed by atoms with Crippen molar-refractivity contribution in [1.82, 2.24) is 4.90 Å². The van der Waals surface area contributed by atoms with Crippen LogP contribution in [0.25, 0.3) is 0 Å². The zero-order valence-electron chi connectivity index (χ0n) is 9.34. The van der Waals surface area contributed by atoms with Crippen LogP contribution in [-0.4, -0.2) is 25.0 Å². The molecule has 0 radical (unpaired) electrons. The van der Waals surface area contributed by atoms with Gasteiger partial charge in [-0.1, -0.05) is 13.8 Å². The Morgan fingerprint density at radius 3 is 1.85 bits per heavy atom. The van der Waals surface area contributed by atoms with Crippen molar-refractivity contribution in [3.05, 3.63) is 0 Å². The Balaban J connectivity index is 1.92. The Kier molecular flexibility index (Phi) is 2.39. The highest BCUT2D eigenvalue weighted by molar-refractivity contribution is 4.93. The van der Waals surface area contributed by atoms with Crippen molar-refractivity contribution < 1.29 is 0 Å². The number of likely N-dealkylation sites (tertiary alicyclic amines) is 1. The van der Waals surface area contributed by atoms with Crippen molar-refractivity contribution in [3.63, 3.8) is 0 Å². The van der Waals surface area contributed by atoms with Crippen LogP contribution in [-0.2, 0) is 0 Å². The van der Waals surface area contributed by atoms with E-state index in [0.717, 1.165) is 11.8 Å². The molecule has 0 atom stereocenters. The zero-order chi connectivity index (χ0) is 9.47. The first-order chi connectivity index (χ1) is 6.10. The van der Waals surface area contributed by atoms with Crippen molar-refractivity contribution in [2.45, 2.75) is 39.5 Å². The molecule has 1 saturated heterocycles. The van der Waals surface area contributed by atoms with Crippen LogP contribution in [0, 0.1) is 17.3 Å². The molecule has 13 heavy (non-hydrogen) atoms. The van der Waals surface area contributed by atoms with Gasteiger partial charge in [-0.25, -0.2) is 0 Å². The number of hydrogen-bond donors (Lipinski definition) is 0. The van der Waals surface area contributed by atoms with Gasteiger partial charge in [0, 0.05) is 0 Å². The highest BCUT2D eigenvalue weighted by Crippen LogP contribution is 2.51. The van der Waals surface area contributed by atoms with Crippen molar-refractivity contribution in [3.8, 4) is 0 Å². The summed E-state index contributed by atoms with van der Waals surface area (Å²) in [6, 6.07) is 0. The summed E-state index contributed by atoms with van der Waals surface area (Å²) in [5, 5.41) is 0. The fourth-order valence-corrected chi connectivity index (χ4v) is 2.91. The molecule has 0 aromatic heterocycles. The molecule has 0 aromatic rings. The lowest BCUT2D eigenvalue weighted by atomic mass is 9.70. The van der Waals surface area contributed by atoms with E-state index in [1.165, 1.54) is 38.8 Å². The summed E-state index contributed by atoms with van der Waals surface area (Å²) < 4.78 is 0. The van der Waals surface area contributed by atoms with E-state index in [2.05, 4.69) is 25.8 Å². The lowest BCUT2D eigenvalue weighted by Gasteiger charge is -2.40. The van der Waals surface area contributed by atoms with Gasteiger partial charge >= 0.3 is 0 Å². The molecule has 2 aliphatic rings. The Bertz CT molecular complexity index is 174. The first-order valence-electron chi connectivity index (χ1n) is 5.79. The summed E-state index contributed by atoms with van der Waals surface area (Å²) in [5.74, 6) is 2.05. The third-order valence-corrected chi connectivity index (χ3v) is 4.40. The number of nitrogens with zero attached hydrogens (tertiary/aromatic N) is 1. The van der Waals surface area contributed by atoms with Gasteiger partial charge in [-0.15, -0.1) is 0 Å². The lowest BCUT2D eigenvalue weighted by Crippen LogP contribution is -2.37. The predicted molar refractivity (Wildman–Crippen MR) is 56.7 cm³/mol. The van der Waals surface area contributed by atoms with Gasteiger partial charge in [0.2, 0.25) is 0 Å². The van der Waals surface area contributed by atoms with E-state index in [1.807, 2.05) is 0 Å². The van der Waals surface area contributed by atoms with E-state index >= 15 is 0 Å². The molecule has 2 rings (SSSR count). The van der Waals surface area contributed by atoms with Crippen LogP contribution < -0.4 is 0 Å². The molecule has 76 valence electrons. The fraction of sp³-hybridized carbons (Fsp3) is 1.00. The largest absolute Gasteiger partial charge is 0.306 e. The smallest absolute Gasteiger partial charge is 0.00189 e. The third kappa shape index (κ3) is 1.90. The Morgan fingerprint density at radius 1 is 0.923 bits per heavy atom. The van der Waals surface area contributed by atoms with Gasteiger partial charge in [0.25, 0.3) is 0 Å². The summed E-state index contributed by atoms with van der Waals surface area (Å²) in [6.45, 7) is 7.64. The quantitative estimate of drug-likeness (QED) is 0.633. The number of piperidine rings is 1. The summed E-state index contributed by atoms with van der Waals surface area (Å²) in [6.07, 6.45) is 5.86. The van der Waals surface area contributed by atoms with E-state index in [0.29, 0.717) is 5.41 Å². The molecule has 0 unspecified atom stereocenters. The second-order valence-electron chi connectivity index (χ2n) is 5.67.